The molecule has 2 nitrogen and oxygen atoms in total. The summed E-state index contributed by atoms with van der Waals surface area (Å²) in [5, 5.41) is 0. The van der Waals surface area contributed by atoms with Crippen molar-refractivity contribution in [2.45, 2.75) is 46.1 Å². The highest BCUT2D eigenvalue weighted by Crippen LogP contribution is 2.48. The van der Waals surface area contributed by atoms with Crippen LogP contribution >= 0.6 is 0 Å². The number of hydrogen-bond acceptors (Lipinski definition) is 2. The molecule has 1 atom stereocenters. The normalized spacial score (nSPS) is 19.5. The fraction of sp³-hybridized carbons (Fsp3) is 0.571. The summed E-state index contributed by atoms with van der Waals surface area (Å²) in [7, 11) is 0. The molecule has 2 rings (SSSR count). The zero-order chi connectivity index (χ0) is 11.8. The zero-order valence-electron chi connectivity index (χ0n) is 10.5. The van der Waals surface area contributed by atoms with Crippen LogP contribution in [0.3, 0.4) is 0 Å². The van der Waals surface area contributed by atoms with Gasteiger partial charge in [-0.05, 0) is 44.1 Å². The van der Waals surface area contributed by atoms with Gasteiger partial charge in [-0.2, -0.15) is 0 Å². The van der Waals surface area contributed by atoms with E-state index < -0.39 is 0 Å². The lowest BCUT2D eigenvalue weighted by Gasteiger charge is -2.23. The van der Waals surface area contributed by atoms with Crippen molar-refractivity contribution >= 4 is 0 Å². The average molecular weight is 218 g/mol. The van der Waals surface area contributed by atoms with Gasteiger partial charge in [0, 0.05) is 6.04 Å². The van der Waals surface area contributed by atoms with E-state index in [2.05, 4.69) is 44.4 Å². The maximum absolute atomic E-state index is 5.67. The fourth-order valence-corrected chi connectivity index (χ4v) is 2.47. The average Bonchev–Trinajstić information content (AvgIpc) is 2.92. The lowest BCUT2D eigenvalue weighted by molar-refractivity contribution is 0.359. The summed E-state index contributed by atoms with van der Waals surface area (Å²) in [6, 6.07) is 7.16. The molecule has 2 heteroatoms. The van der Waals surface area contributed by atoms with Crippen LogP contribution in [0.15, 0.2) is 18.2 Å². The van der Waals surface area contributed by atoms with Crippen molar-refractivity contribution in [3.8, 4) is 0 Å². The Morgan fingerprint density at radius 2 is 1.81 bits per heavy atom. The van der Waals surface area contributed by atoms with Crippen molar-refractivity contribution in [1.29, 1.82) is 0 Å². The van der Waals surface area contributed by atoms with Gasteiger partial charge in [0.05, 0.1) is 0 Å². The predicted molar refractivity (Wildman–Crippen MR) is 68.1 cm³/mol. The van der Waals surface area contributed by atoms with Gasteiger partial charge in [-0.1, -0.05) is 36.2 Å². The first-order valence-corrected chi connectivity index (χ1v) is 6.07. The predicted octanol–water partition coefficient (Wildman–Crippen LogP) is 2.48. The molecule has 1 saturated carbocycles. The molecule has 16 heavy (non-hydrogen) atoms. The van der Waals surface area contributed by atoms with E-state index in [1.807, 2.05) is 0 Å². The van der Waals surface area contributed by atoms with Crippen LogP contribution in [-0.4, -0.2) is 6.04 Å². The Morgan fingerprint density at radius 1 is 1.25 bits per heavy atom. The number of benzene rings is 1. The van der Waals surface area contributed by atoms with Crippen LogP contribution in [0.5, 0.6) is 0 Å². The molecule has 0 bridgehead atoms. The first-order chi connectivity index (χ1) is 7.53. The SMILES string of the molecule is Cc1cc(C)cc(CC(NN)C2(C)CC2)c1. The third kappa shape index (κ3) is 2.45. The summed E-state index contributed by atoms with van der Waals surface area (Å²) < 4.78 is 0. The zero-order valence-corrected chi connectivity index (χ0v) is 10.5. The Balaban J connectivity index is 2.12. The summed E-state index contributed by atoms with van der Waals surface area (Å²) in [6.45, 7) is 6.63. The lowest BCUT2D eigenvalue weighted by atomic mass is 9.92. The Bertz CT molecular complexity index is 360. The molecule has 1 unspecified atom stereocenters. The number of hydrazine groups is 1. The third-order valence-electron chi connectivity index (χ3n) is 3.80. The number of nitrogens with one attached hydrogen (secondary N) is 1. The molecule has 0 aliphatic heterocycles. The van der Waals surface area contributed by atoms with E-state index in [1.165, 1.54) is 29.5 Å². The van der Waals surface area contributed by atoms with Crippen LogP contribution in [0.4, 0.5) is 0 Å². The molecule has 0 radical (unpaired) electrons. The molecular weight excluding hydrogens is 196 g/mol. The first-order valence-electron chi connectivity index (χ1n) is 6.07. The summed E-state index contributed by atoms with van der Waals surface area (Å²) in [6.07, 6.45) is 3.63. The molecule has 1 aromatic rings. The van der Waals surface area contributed by atoms with Gasteiger partial charge in [-0.25, -0.2) is 0 Å². The highest BCUT2D eigenvalue weighted by Gasteiger charge is 2.44. The van der Waals surface area contributed by atoms with Crippen LogP contribution in [0.2, 0.25) is 0 Å². The summed E-state index contributed by atoms with van der Waals surface area (Å²) in [4.78, 5) is 0. The quantitative estimate of drug-likeness (QED) is 0.602. The van der Waals surface area contributed by atoms with Gasteiger partial charge < -0.3 is 0 Å². The van der Waals surface area contributed by atoms with Crippen molar-refractivity contribution in [3.63, 3.8) is 0 Å². The third-order valence-corrected chi connectivity index (χ3v) is 3.80. The van der Waals surface area contributed by atoms with Crippen molar-refractivity contribution in [3.05, 3.63) is 34.9 Å². The molecule has 1 aliphatic carbocycles. The minimum Gasteiger partial charge on any atom is -0.271 e. The minimum absolute atomic E-state index is 0.411. The number of rotatable bonds is 4. The van der Waals surface area contributed by atoms with Crippen LogP contribution < -0.4 is 11.3 Å². The molecule has 0 aromatic heterocycles. The summed E-state index contributed by atoms with van der Waals surface area (Å²) in [5.41, 5.74) is 7.49. The van der Waals surface area contributed by atoms with Crippen LogP contribution in [-0.2, 0) is 6.42 Å². The monoisotopic (exact) mass is 218 g/mol. The second kappa shape index (κ2) is 4.19. The van der Waals surface area contributed by atoms with E-state index in [4.69, 9.17) is 5.84 Å². The molecule has 0 amide bonds. The minimum atomic E-state index is 0.411. The van der Waals surface area contributed by atoms with E-state index in [1.54, 1.807) is 0 Å². The second-order valence-corrected chi connectivity index (χ2v) is 5.57. The van der Waals surface area contributed by atoms with Gasteiger partial charge in [-0.3, -0.25) is 11.3 Å². The van der Waals surface area contributed by atoms with Crippen LogP contribution in [0.25, 0.3) is 0 Å². The molecule has 3 N–H and O–H groups in total. The van der Waals surface area contributed by atoms with Gasteiger partial charge in [0.1, 0.15) is 0 Å². The van der Waals surface area contributed by atoms with E-state index in [0.717, 1.165) is 6.42 Å². The van der Waals surface area contributed by atoms with Crippen molar-refractivity contribution in [2.24, 2.45) is 11.3 Å². The highest BCUT2D eigenvalue weighted by molar-refractivity contribution is 5.29. The molecule has 1 aromatic carbocycles. The topological polar surface area (TPSA) is 38.0 Å². The lowest BCUT2D eigenvalue weighted by Crippen LogP contribution is -2.42. The van der Waals surface area contributed by atoms with E-state index in [9.17, 15) is 0 Å². The Hall–Kier alpha value is -0.860. The number of nitrogens with two attached hydrogens (primary N) is 1. The maximum atomic E-state index is 5.67. The Kier molecular flexibility index (Phi) is 3.04. The van der Waals surface area contributed by atoms with Gasteiger partial charge >= 0.3 is 0 Å². The van der Waals surface area contributed by atoms with Gasteiger partial charge in [0.2, 0.25) is 0 Å². The van der Waals surface area contributed by atoms with Crippen LogP contribution in [0, 0.1) is 19.3 Å². The summed E-state index contributed by atoms with van der Waals surface area (Å²) >= 11 is 0. The van der Waals surface area contributed by atoms with Gasteiger partial charge in [0.25, 0.3) is 0 Å². The Morgan fingerprint density at radius 3 is 2.25 bits per heavy atom. The van der Waals surface area contributed by atoms with E-state index in [0.29, 0.717) is 11.5 Å². The van der Waals surface area contributed by atoms with Gasteiger partial charge in [-0.15, -0.1) is 0 Å². The molecule has 0 saturated heterocycles. The van der Waals surface area contributed by atoms with E-state index in [-0.39, 0.29) is 0 Å². The first kappa shape index (κ1) is 11.6. The van der Waals surface area contributed by atoms with E-state index >= 15 is 0 Å². The summed E-state index contributed by atoms with van der Waals surface area (Å²) in [5.74, 6) is 5.67. The Labute approximate surface area is 98.2 Å². The van der Waals surface area contributed by atoms with Crippen molar-refractivity contribution in [2.75, 3.05) is 0 Å². The molecular formula is C14H22N2. The fourth-order valence-electron chi connectivity index (χ4n) is 2.47. The molecule has 88 valence electrons. The van der Waals surface area contributed by atoms with Crippen LogP contribution in [0.1, 0.15) is 36.5 Å². The number of aryl methyl sites for hydroxylation is 2. The van der Waals surface area contributed by atoms with Gasteiger partial charge in [0.15, 0.2) is 0 Å². The molecule has 1 aliphatic rings. The molecule has 1 fully saturated rings. The largest absolute Gasteiger partial charge is 0.271 e. The van der Waals surface area contributed by atoms with Crippen molar-refractivity contribution in [1.82, 2.24) is 5.43 Å². The molecule has 0 heterocycles. The second-order valence-electron chi connectivity index (χ2n) is 5.57. The molecule has 0 spiro atoms. The smallest absolute Gasteiger partial charge is 0.0304 e. The standard InChI is InChI=1S/C14H22N2/c1-10-6-11(2)8-12(7-10)9-13(16-15)14(3)4-5-14/h6-8,13,16H,4-5,9,15H2,1-3H3. The number of hydrogen-bond donors (Lipinski definition) is 2. The maximum Gasteiger partial charge on any atom is 0.0304 e. The highest BCUT2D eigenvalue weighted by atomic mass is 15.2. The van der Waals surface area contributed by atoms with Crippen molar-refractivity contribution < 1.29 is 0 Å².